The first-order valence-electron chi connectivity index (χ1n) is 6.83. The van der Waals surface area contributed by atoms with Crippen LogP contribution in [0.25, 0.3) is 0 Å². The highest BCUT2D eigenvalue weighted by Crippen LogP contribution is 2.49. The molecule has 19 heavy (non-hydrogen) atoms. The number of nitrogens with zero attached hydrogens (tertiary/aromatic N) is 1. The van der Waals surface area contributed by atoms with E-state index < -0.39 is 0 Å². The number of thiophene rings is 1. The van der Waals surface area contributed by atoms with Crippen molar-refractivity contribution >= 4 is 17.2 Å². The second-order valence-electron chi connectivity index (χ2n) is 6.32. The van der Waals surface area contributed by atoms with E-state index in [1.165, 1.54) is 9.75 Å². The summed E-state index contributed by atoms with van der Waals surface area (Å²) in [4.78, 5) is 17.0. The van der Waals surface area contributed by atoms with Gasteiger partial charge in [-0.25, -0.2) is 0 Å². The van der Waals surface area contributed by atoms with Crippen molar-refractivity contribution in [2.75, 3.05) is 20.6 Å². The van der Waals surface area contributed by atoms with Crippen LogP contribution in [0.3, 0.4) is 0 Å². The average molecular weight is 280 g/mol. The number of aryl methyl sites for hydroxylation is 1. The summed E-state index contributed by atoms with van der Waals surface area (Å²) in [6.45, 7) is 7.09. The Morgan fingerprint density at radius 1 is 1.47 bits per heavy atom. The lowest BCUT2D eigenvalue weighted by molar-refractivity contribution is -0.122. The van der Waals surface area contributed by atoms with Gasteiger partial charge in [-0.3, -0.25) is 4.79 Å². The molecule has 3 nitrogen and oxygen atoms in total. The fraction of sp³-hybridized carbons (Fsp3) is 0.667. The summed E-state index contributed by atoms with van der Waals surface area (Å²) < 4.78 is 0. The molecule has 0 bridgehead atoms. The Labute approximate surface area is 120 Å². The van der Waals surface area contributed by atoms with E-state index in [1.54, 1.807) is 0 Å². The molecular formula is C15H24N2OS. The molecule has 1 aliphatic rings. The number of carbonyl (C=O) groups excluding carboxylic acids is 1. The van der Waals surface area contributed by atoms with Crippen molar-refractivity contribution in [3.63, 3.8) is 0 Å². The molecule has 4 heteroatoms. The first-order valence-corrected chi connectivity index (χ1v) is 7.64. The quantitative estimate of drug-likeness (QED) is 0.899. The van der Waals surface area contributed by atoms with Gasteiger partial charge in [0.05, 0.1) is 0 Å². The van der Waals surface area contributed by atoms with E-state index in [1.807, 2.05) is 25.4 Å². The minimum atomic E-state index is -0.000430. The number of carbonyl (C=O) groups is 1. The highest BCUT2D eigenvalue weighted by molar-refractivity contribution is 7.12. The average Bonchev–Trinajstić information content (AvgIpc) is 3.02. The van der Waals surface area contributed by atoms with Crippen LogP contribution in [0.4, 0.5) is 0 Å². The van der Waals surface area contributed by atoms with Gasteiger partial charge in [0.2, 0.25) is 5.91 Å². The van der Waals surface area contributed by atoms with E-state index >= 15 is 0 Å². The number of hydrogen-bond acceptors (Lipinski definition) is 3. The minimum Gasteiger partial charge on any atom is -0.354 e. The fourth-order valence-electron chi connectivity index (χ4n) is 2.04. The third kappa shape index (κ3) is 3.37. The number of hydrogen-bond donors (Lipinski definition) is 1. The zero-order valence-electron chi connectivity index (χ0n) is 12.5. The maximum Gasteiger partial charge on any atom is 0.223 e. The summed E-state index contributed by atoms with van der Waals surface area (Å²) >= 11 is 1.82. The Balaban J connectivity index is 1.83. The molecule has 0 spiro atoms. The summed E-state index contributed by atoms with van der Waals surface area (Å²) in [5.41, 5.74) is -0.000430. The SMILES string of the molecule is Cc1ccc([C@@H]2C[C@@H]2C(=O)NCC(C)(C)N(C)C)s1. The molecule has 2 atom stereocenters. The standard InChI is InChI=1S/C15H24N2OS/c1-10-6-7-13(19-10)11-8-12(11)14(18)16-9-15(2,3)17(4)5/h6-7,11-12H,8-9H2,1-5H3,(H,16,18)/t11-,12+/m1/s1. The van der Waals surface area contributed by atoms with Gasteiger partial charge in [-0.2, -0.15) is 0 Å². The summed E-state index contributed by atoms with van der Waals surface area (Å²) in [7, 11) is 4.08. The lowest BCUT2D eigenvalue weighted by Gasteiger charge is -2.32. The third-order valence-electron chi connectivity index (χ3n) is 4.16. The normalized spacial score (nSPS) is 22.6. The molecular weight excluding hydrogens is 256 g/mol. The molecule has 0 radical (unpaired) electrons. The highest BCUT2D eigenvalue weighted by Gasteiger charge is 2.44. The molecule has 0 aromatic carbocycles. The van der Waals surface area contributed by atoms with Gasteiger partial charge in [0.15, 0.2) is 0 Å². The van der Waals surface area contributed by atoms with Crippen LogP contribution in [-0.4, -0.2) is 37.0 Å². The fourth-order valence-corrected chi connectivity index (χ4v) is 3.10. The van der Waals surface area contributed by atoms with Gasteiger partial charge < -0.3 is 10.2 Å². The molecule has 1 N–H and O–H groups in total. The van der Waals surface area contributed by atoms with Gasteiger partial charge >= 0.3 is 0 Å². The van der Waals surface area contributed by atoms with Gasteiger partial charge in [-0.1, -0.05) is 0 Å². The van der Waals surface area contributed by atoms with Crippen LogP contribution in [0.15, 0.2) is 12.1 Å². The van der Waals surface area contributed by atoms with Crippen molar-refractivity contribution in [1.82, 2.24) is 10.2 Å². The van der Waals surface area contributed by atoms with Crippen LogP contribution in [0.1, 0.15) is 35.9 Å². The maximum atomic E-state index is 12.1. The molecule has 1 aromatic heterocycles. The van der Waals surface area contributed by atoms with Crippen molar-refractivity contribution in [3.05, 3.63) is 21.9 Å². The van der Waals surface area contributed by atoms with Crippen molar-refractivity contribution in [3.8, 4) is 0 Å². The first-order chi connectivity index (χ1) is 8.81. The molecule has 106 valence electrons. The van der Waals surface area contributed by atoms with Crippen LogP contribution >= 0.6 is 11.3 Å². The molecule has 1 aromatic rings. The van der Waals surface area contributed by atoms with Crippen LogP contribution < -0.4 is 5.32 Å². The van der Waals surface area contributed by atoms with E-state index in [9.17, 15) is 4.79 Å². The maximum absolute atomic E-state index is 12.1. The van der Waals surface area contributed by atoms with Gasteiger partial charge in [-0.05, 0) is 53.4 Å². The van der Waals surface area contributed by atoms with Crippen molar-refractivity contribution in [2.45, 2.75) is 38.6 Å². The van der Waals surface area contributed by atoms with Crippen molar-refractivity contribution in [2.24, 2.45) is 5.92 Å². The molecule has 1 aliphatic carbocycles. The van der Waals surface area contributed by atoms with E-state index in [4.69, 9.17) is 0 Å². The van der Waals surface area contributed by atoms with Crippen LogP contribution in [0.2, 0.25) is 0 Å². The molecule has 1 heterocycles. The molecule has 0 saturated heterocycles. The lowest BCUT2D eigenvalue weighted by atomic mass is 10.0. The van der Waals surface area contributed by atoms with Gasteiger partial charge in [0.1, 0.15) is 0 Å². The van der Waals surface area contributed by atoms with Crippen LogP contribution in [-0.2, 0) is 4.79 Å². The topological polar surface area (TPSA) is 32.3 Å². The van der Waals surface area contributed by atoms with Crippen LogP contribution in [0.5, 0.6) is 0 Å². The predicted octanol–water partition coefficient (Wildman–Crippen LogP) is 2.62. The Morgan fingerprint density at radius 3 is 2.68 bits per heavy atom. The van der Waals surface area contributed by atoms with Crippen LogP contribution in [0, 0.1) is 12.8 Å². The summed E-state index contributed by atoms with van der Waals surface area (Å²) in [5.74, 6) is 0.864. The smallest absolute Gasteiger partial charge is 0.223 e. The lowest BCUT2D eigenvalue weighted by Crippen LogP contribution is -2.48. The Hall–Kier alpha value is -0.870. The number of rotatable bonds is 5. The van der Waals surface area contributed by atoms with Gasteiger partial charge in [-0.15, -0.1) is 11.3 Å². The monoisotopic (exact) mass is 280 g/mol. The molecule has 0 aliphatic heterocycles. The molecule has 1 fully saturated rings. The first kappa shape index (κ1) is 14.5. The van der Waals surface area contributed by atoms with E-state index in [0.29, 0.717) is 12.5 Å². The van der Waals surface area contributed by atoms with Gasteiger partial charge in [0, 0.05) is 33.7 Å². The van der Waals surface area contributed by atoms with E-state index in [0.717, 1.165) is 6.42 Å². The molecule has 0 unspecified atom stereocenters. The van der Waals surface area contributed by atoms with Crippen molar-refractivity contribution < 1.29 is 4.79 Å². The number of amides is 1. The zero-order valence-corrected chi connectivity index (χ0v) is 13.3. The van der Waals surface area contributed by atoms with Gasteiger partial charge in [0.25, 0.3) is 0 Å². The molecule has 2 rings (SSSR count). The Bertz CT molecular complexity index is 464. The minimum absolute atomic E-state index is 0.000430. The second-order valence-corrected chi connectivity index (χ2v) is 7.64. The van der Waals surface area contributed by atoms with Crippen molar-refractivity contribution in [1.29, 1.82) is 0 Å². The summed E-state index contributed by atoms with van der Waals surface area (Å²) in [6, 6.07) is 4.31. The van der Waals surface area contributed by atoms with E-state index in [2.05, 4.69) is 43.1 Å². The third-order valence-corrected chi connectivity index (χ3v) is 5.29. The van der Waals surface area contributed by atoms with E-state index in [-0.39, 0.29) is 17.4 Å². The predicted molar refractivity (Wildman–Crippen MR) is 80.7 cm³/mol. The summed E-state index contributed by atoms with van der Waals surface area (Å²) in [6.07, 6.45) is 1.01. The zero-order chi connectivity index (χ0) is 14.2. The largest absolute Gasteiger partial charge is 0.354 e. The Morgan fingerprint density at radius 2 is 2.16 bits per heavy atom. The number of likely N-dealkylation sites (N-methyl/N-ethyl adjacent to an activating group) is 1. The Kier molecular flexibility index (Phi) is 4.02. The highest BCUT2D eigenvalue weighted by atomic mass is 32.1. The summed E-state index contributed by atoms with van der Waals surface area (Å²) in [5, 5.41) is 3.10. The second kappa shape index (κ2) is 5.25. The molecule has 1 amide bonds. The molecule has 1 saturated carbocycles. The number of nitrogens with one attached hydrogen (secondary N) is 1.